The predicted molar refractivity (Wildman–Crippen MR) is 134 cm³/mol. The molecule has 0 fully saturated rings. The summed E-state index contributed by atoms with van der Waals surface area (Å²) in [7, 11) is 4.83. The van der Waals surface area contributed by atoms with Crippen molar-refractivity contribution in [1.82, 2.24) is 4.98 Å². The number of ether oxygens (including phenoxy) is 4. The van der Waals surface area contributed by atoms with Crippen molar-refractivity contribution in [3.63, 3.8) is 0 Å². The van der Waals surface area contributed by atoms with Crippen LogP contribution in [-0.2, 0) is 13.0 Å². The second-order valence-corrected chi connectivity index (χ2v) is 10.3. The molecular weight excluding hydrogens is 549 g/mol. The number of hydrogen-bond donors (Lipinski definition) is 0. The summed E-state index contributed by atoms with van der Waals surface area (Å²) in [6, 6.07) is 22.3. The molecule has 1 aromatic heterocycles. The molecule has 0 saturated carbocycles. The van der Waals surface area contributed by atoms with Crippen molar-refractivity contribution in [1.29, 1.82) is 0 Å². The Hall–Kier alpha value is -2.73. The van der Waals surface area contributed by atoms with Crippen molar-refractivity contribution in [3.05, 3.63) is 86.9 Å². The summed E-state index contributed by atoms with van der Waals surface area (Å²) in [6.07, 6.45) is 0.790. The first-order valence-corrected chi connectivity index (χ1v) is 12.8. The number of methoxy groups -OCH3 is 3. The molecule has 0 aliphatic heterocycles. The molecule has 0 radical (unpaired) electrons. The van der Waals surface area contributed by atoms with Gasteiger partial charge in [-0.2, -0.15) is 0 Å². The maximum absolute atomic E-state index is 6.34. The Morgan fingerprint density at radius 3 is 2.15 bits per heavy atom. The van der Waals surface area contributed by atoms with Crippen molar-refractivity contribution in [2.24, 2.45) is 0 Å². The van der Waals surface area contributed by atoms with Crippen molar-refractivity contribution in [3.8, 4) is 33.1 Å². The van der Waals surface area contributed by atoms with Crippen LogP contribution in [0.15, 0.2) is 71.2 Å². The van der Waals surface area contributed by atoms with Crippen molar-refractivity contribution < 1.29 is 18.9 Å². The second kappa shape index (κ2) is 10.9. The third-order valence-corrected chi connectivity index (χ3v) is 7.56. The van der Waals surface area contributed by atoms with E-state index in [1.54, 1.807) is 21.3 Å². The molecule has 7 heteroatoms. The van der Waals surface area contributed by atoms with E-state index in [9.17, 15) is 0 Å². The van der Waals surface area contributed by atoms with Crippen LogP contribution in [0, 0.1) is 0 Å². The zero-order chi connectivity index (χ0) is 23.2. The summed E-state index contributed by atoms with van der Waals surface area (Å²) in [6.45, 7) is 0.471. The minimum absolute atomic E-state index is 0.0302. The van der Waals surface area contributed by atoms with Gasteiger partial charge in [-0.15, -0.1) is 0 Å². The molecule has 0 saturated heterocycles. The van der Waals surface area contributed by atoms with Crippen LogP contribution < -0.4 is 18.9 Å². The van der Waals surface area contributed by atoms with Gasteiger partial charge in [0, 0.05) is 0 Å². The molecule has 33 heavy (non-hydrogen) atoms. The molecule has 4 rings (SSSR count). The predicted octanol–water partition coefficient (Wildman–Crippen LogP) is 5.76. The molecule has 170 valence electrons. The van der Waals surface area contributed by atoms with E-state index in [1.165, 1.54) is 5.56 Å². The summed E-state index contributed by atoms with van der Waals surface area (Å²) in [5.74, 6) is 1.73. The Kier molecular flexibility index (Phi) is 7.76. The zero-order valence-corrected chi connectivity index (χ0v) is 21.9. The van der Waals surface area contributed by atoms with Crippen molar-refractivity contribution >= 4 is 30.4 Å². The van der Waals surface area contributed by atoms with Crippen molar-refractivity contribution in [2.45, 2.75) is 13.0 Å². The summed E-state index contributed by atoms with van der Waals surface area (Å²) in [5, 5.41) is 0. The SMILES string of the molecule is COc1cc(-c2nc(Cc3ccccc3)[se]c2OCc2cccc(Br)c2)cc(OC)c1OC. The van der Waals surface area contributed by atoms with Crippen LogP contribution in [0.5, 0.6) is 21.9 Å². The molecule has 0 atom stereocenters. The van der Waals surface area contributed by atoms with Crippen LogP contribution in [0.2, 0.25) is 0 Å². The maximum atomic E-state index is 6.34. The number of benzene rings is 3. The quantitative estimate of drug-likeness (QED) is 0.239. The van der Waals surface area contributed by atoms with E-state index in [0.29, 0.717) is 23.9 Å². The molecule has 5 nitrogen and oxygen atoms in total. The normalized spacial score (nSPS) is 10.7. The van der Waals surface area contributed by atoms with E-state index in [4.69, 9.17) is 23.9 Å². The molecule has 4 aromatic rings. The Balaban J connectivity index is 1.73. The van der Waals surface area contributed by atoms with Gasteiger partial charge in [0.15, 0.2) is 0 Å². The third kappa shape index (κ3) is 5.61. The molecule has 0 aliphatic carbocycles. The molecule has 0 amide bonds. The van der Waals surface area contributed by atoms with Crippen LogP contribution in [-0.4, -0.2) is 40.8 Å². The van der Waals surface area contributed by atoms with E-state index in [1.807, 2.05) is 30.3 Å². The van der Waals surface area contributed by atoms with Gasteiger partial charge in [-0.3, -0.25) is 0 Å². The van der Waals surface area contributed by atoms with Gasteiger partial charge < -0.3 is 0 Å². The molecule has 0 N–H and O–H groups in total. The molecule has 0 bridgehead atoms. The van der Waals surface area contributed by atoms with Crippen LogP contribution >= 0.6 is 15.9 Å². The minimum atomic E-state index is -0.0302. The van der Waals surface area contributed by atoms with Gasteiger partial charge in [-0.1, -0.05) is 0 Å². The monoisotopic (exact) mass is 573 g/mol. The first-order valence-electron chi connectivity index (χ1n) is 10.3. The molecule has 1 heterocycles. The molecule has 0 aliphatic rings. The third-order valence-electron chi connectivity index (χ3n) is 5.04. The van der Waals surface area contributed by atoms with E-state index < -0.39 is 0 Å². The fourth-order valence-corrected chi connectivity index (χ4v) is 5.95. The summed E-state index contributed by atoms with van der Waals surface area (Å²) in [4.78, 5) is 5.01. The summed E-state index contributed by atoms with van der Waals surface area (Å²) in [5.41, 5.74) is 4.01. The first-order chi connectivity index (χ1) is 16.1. The second-order valence-electron chi connectivity index (χ2n) is 7.24. The Morgan fingerprint density at radius 1 is 0.818 bits per heavy atom. The first kappa shape index (κ1) is 23.4. The van der Waals surface area contributed by atoms with E-state index in [-0.39, 0.29) is 14.5 Å². The van der Waals surface area contributed by atoms with Crippen molar-refractivity contribution in [2.75, 3.05) is 21.3 Å². The van der Waals surface area contributed by atoms with Crippen LogP contribution in [0.25, 0.3) is 11.3 Å². The standard InChI is InChI=1S/C26H24BrNO4Se/c1-29-21-14-19(15-22(30-2)25(21)31-3)24-26(32-16-18-10-7-11-20(27)12-18)33-23(28-24)13-17-8-5-4-6-9-17/h4-12,14-15H,13,16H2,1-3H3. The van der Waals surface area contributed by atoms with Gasteiger partial charge in [0.05, 0.1) is 0 Å². The Labute approximate surface area is 208 Å². The molecule has 0 spiro atoms. The molecule has 3 aromatic carbocycles. The zero-order valence-electron chi connectivity index (χ0n) is 18.6. The Morgan fingerprint density at radius 2 is 1.52 bits per heavy atom. The van der Waals surface area contributed by atoms with Crippen LogP contribution in [0.1, 0.15) is 15.7 Å². The molecular formula is C26H24BrNO4Se. The number of nitrogens with zero attached hydrogens (tertiary/aromatic N) is 1. The average Bonchev–Trinajstić information content (AvgIpc) is 3.24. The summed E-state index contributed by atoms with van der Waals surface area (Å²) >= 11 is 3.50. The average molecular weight is 573 g/mol. The number of hydrogen-bond acceptors (Lipinski definition) is 5. The van der Waals surface area contributed by atoms with Gasteiger partial charge in [0.25, 0.3) is 0 Å². The molecule has 0 unspecified atom stereocenters. The summed E-state index contributed by atoms with van der Waals surface area (Å²) < 4.78 is 26.0. The van der Waals surface area contributed by atoms with E-state index in [2.05, 4.69) is 52.3 Å². The Bertz CT molecular complexity index is 1200. The fraction of sp³-hybridized carbons (Fsp3) is 0.192. The van der Waals surface area contributed by atoms with Gasteiger partial charge >= 0.3 is 209 Å². The van der Waals surface area contributed by atoms with Gasteiger partial charge in [0.2, 0.25) is 0 Å². The topological polar surface area (TPSA) is 49.8 Å². The van der Waals surface area contributed by atoms with E-state index >= 15 is 0 Å². The van der Waals surface area contributed by atoms with Gasteiger partial charge in [0.1, 0.15) is 0 Å². The fourth-order valence-electron chi connectivity index (χ4n) is 3.47. The van der Waals surface area contributed by atoms with Gasteiger partial charge in [-0.25, -0.2) is 0 Å². The van der Waals surface area contributed by atoms with Crippen LogP contribution in [0.3, 0.4) is 0 Å². The number of rotatable bonds is 9. The number of aromatic nitrogens is 1. The van der Waals surface area contributed by atoms with E-state index in [0.717, 1.165) is 36.9 Å². The van der Waals surface area contributed by atoms with Crippen LogP contribution in [0.4, 0.5) is 0 Å². The number of halogens is 1. The van der Waals surface area contributed by atoms with Gasteiger partial charge in [-0.05, 0) is 0 Å².